The summed E-state index contributed by atoms with van der Waals surface area (Å²) in [6.07, 6.45) is 2.43. The van der Waals surface area contributed by atoms with Gasteiger partial charge in [0, 0.05) is 6.04 Å². The number of primary amides is 1. The van der Waals surface area contributed by atoms with Gasteiger partial charge < -0.3 is 16.0 Å². The Bertz CT molecular complexity index is 224. The Morgan fingerprint density at radius 1 is 1.44 bits per heavy atom. The van der Waals surface area contributed by atoms with Gasteiger partial charge in [0.05, 0.1) is 6.04 Å². The smallest absolute Gasteiger partial charge is 0.234 e. The van der Waals surface area contributed by atoms with Crippen molar-refractivity contribution < 1.29 is 4.79 Å². The molecule has 0 saturated carbocycles. The largest absolute Gasteiger partial charge is 0.368 e. The van der Waals surface area contributed by atoms with Crippen LogP contribution < -0.4 is 11.1 Å². The molecule has 1 fully saturated rings. The van der Waals surface area contributed by atoms with Crippen LogP contribution in [0.3, 0.4) is 0 Å². The molecular weight excluding hydrogens is 202 g/mol. The van der Waals surface area contributed by atoms with E-state index in [2.05, 4.69) is 24.1 Å². The predicted octanol–water partition coefficient (Wildman–Crippen LogP) is 0.570. The SMILES string of the molecule is CCN1CCC(C(C)NC(C)C(N)=O)CC1. The molecule has 4 nitrogen and oxygen atoms in total. The first kappa shape index (κ1) is 13.5. The van der Waals surface area contributed by atoms with E-state index in [1.165, 1.54) is 25.9 Å². The van der Waals surface area contributed by atoms with E-state index in [0.29, 0.717) is 12.0 Å². The van der Waals surface area contributed by atoms with Gasteiger partial charge in [-0.3, -0.25) is 4.79 Å². The van der Waals surface area contributed by atoms with Crippen molar-refractivity contribution in [1.82, 2.24) is 10.2 Å². The van der Waals surface area contributed by atoms with Crippen LogP contribution in [0.4, 0.5) is 0 Å². The summed E-state index contributed by atoms with van der Waals surface area (Å²) in [5, 5.41) is 3.29. The number of nitrogens with zero attached hydrogens (tertiary/aromatic N) is 1. The molecule has 2 unspecified atom stereocenters. The molecule has 0 aromatic carbocycles. The minimum Gasteiger partial charge on any atom is -0.368 e. The van der Waals surface area contributed by atoms with Crippen LogP contribution in [0.25, 0.3) is 0 Å². The molecular formula is C12H25N3O. The van der Waals surface area contributed by atoms with Crippen molar-refractivity contribution in [1.29, 1.82) is 0 Å². The Morgan fingerprint density at radius 2 is 2.00 bits per heavy atom. The van der Waals surface area contributed by atoms with Crippen LogP contribution >= 0.6 is 0 Å². The van der Waals surface area contributed by atoms with E-state index in [1.807, 2.05) is 6.92 Å². The molecule has 1 saturated heterocycles. The van der Waals surface area contributed by atoms with E-state index < -0.39 is 0 Å². The summed E-state index contributed by atoms with van der Waals surface area (Å²) in [5.41, 5.74) is 5.25. The van der Waals surface area contributed by atoms with Crippen molar-refractivity contribution in [2.24, 2.45) is 11.7 Å². The van der Waals surface area contributed by atoms with E-state index in [-0.39, 0.29) is 11.9 Å². The average Bonchev–Trinajstić information content (AvgIpc) is 2.28. The first-order valence-electron chi connectivity index (χ1n) is 6.32. The van der Waals surface area contributed by atoms with Gasteiger partial charge in [-0.15, -0.1) is 0 Å². The fourth-order valence-electron chi connectivity index (χ4n) is 2.38. The van der Waals surface area contributed by atoms with Crippen LogP contribution in [0.1, 0.15) is 33.6 Å². The third-order valence-electron chi connectivity index (χ3n) is 3.73. The highest BCUT2D eigenvalue weighted by Gasteiger charge is 2.24. The number of rotatable bonds is 5. The van der Waals surface area contributed by atoms with Crippen molar-refractivity contribution in [3.05, 3.63) is 0 Å². The zero-order valence-electron chi connectivity index (χ0n) is 10.7. The van der Waals surface area contributed by atoms with Crippen LogP contribution in [0, 0.1) is 5.92 Å². The summed E-state index contributed by atoms with van der Waals surface area (Å²) < 4.78 is 0. The molecule has 0 bridgehead atoms. The number of hydrogen-bond acceptors (Lipinski definition) is 3. The molecule has 0 aromatic heterocycles. The number of carbonyl (C=O) groups is 1. The van der Waals surface area contributed by atoms with Crippen LogP contribution in [-0.4, -0.2) is 42.5 Å². The van der Waals surface area contributed by atoms with Gasteiger partial charge in [-0.25, -0.2) is 0 Å². The predicted molar refractivity (Wildman–Crippen MR) is 66.1 cm³/mol. The molecule has 0 aromatic rings. The molecule has 1 aliphatic heterocycles. The summed E-state index contributed by atoms with van der Waals surface area (Å²) in [6, 6.07) is 0.153. The van der Waals surface area contributed by atoms with Crippen LogP contribution in [0.15, 0.2) is 0 Å². The van der Waals surface area contributed by atoms with E-state index in [1.54, 1.807) is 0 Å². The van der Waals surface area contributed by atoms with Gasteiger partial charge in [-0.2, -0.15) is 0 Å². The molecule has 0 aliphatic carbocycles. The number of amides is 1. The second kappa shape index (κ2) is 6.21. The minimum absolute atomic E-state index is 0.223. The monoisotopic (exact) mass is 227 g/mol. The number of likely N-dealkylation sites (tertiary alicyclic amines) is 1. The van der Waals surface area contributed by atoms with Gasteiger partial charge in [0.1, 0.15) is 0 Å². The quantitative estimate of drug-likeness (QED) is 0.722. The van der Waals surface area contributed by atoms with E-state index in [9.17, 15) is 4.79 Å². The first-order valence-corrected chi connectivity index (χ1v) is 6.32. The van der Waals surface area contributed by atoms with Gasteiger partial charge >= 0.3 is 0 Å². The van der Waals surface area contributed by atoms with Crippen molar-refractivity contribution in [3.8, 4) is 0 Å². The van der Waals surface area contributed by atoms with Gasteiger partial charge in [-0.05, 0) is 52.2 Å². The lowest BCUT2D eigenvalue weighted by atomic mass is 9.90. The summed E-state index contributed by atoms with van der Waals surface area (Å²) in [5.74, 6) is 0.405. The van der Waals surface area contributed by atoms with Crippen LogP contribution in [-0.2, 0) is 4.79 Å². The zero-order valence-corrected chi connectivity index (χ0v) is 10.7. The molecule has 1 rings (SSSR count). The van der Waals surface area contributed by atoms with Crippen molar-refractivity contribution in [2.45, 2.75) is 45.7 Å². The Balaban J connectivity index is 2.33. The standard InChI is InChI=1S/C12H25N3O/c1-4-15-7-5-11(6-8-15)9(2)14-10(3)12(13)16/h9-11,14H,4-8H2,1-3H3,(H2,13,16). The number of carbonyl (C=O) groups excluding carboxylic acids is 1. The molecule has 1 aliphatic rings. The third kappa shape index (κ3) is 3.76. The zero-order chi connectivity index (χ0) is 12.1. The lowest BCUT2D eigenvalue weighted by molar-refractivity contribution is -0.119. The van der Waals surface area contributed by atoms with Gasteiger partial charge in [0.2, 0.25) is 5.91 Å². The Labute approximate surface area is 98.6 Å². The summed E-state index contributed by atoms with van der Waals surface area (Å²) in [7, 11) is 0. The molecule has 0 spiro atoms. The second-order valence-corrected chi connectivity index (χ2v) is 4.85. The topological polar surface area (TPSA) is 58.4 Å². The van der Waals surface area contributed by atoms with Crippen LogP contribution in [0.5, 0.6) is 0 Å². The molecule has 4 heteroatoms. The summed E-state index contributed by atoms with van der Waals surface area (Å²) >= 11 is 0. The second-order valence-electron chi connectivity index (χ2n) is 4.85. The average molecular weight is 227 g/mol. The number of hydrogen-bond donors (Lipinski definition) is 2. The number of nitrogens with one attached hydrogen (secondary N) is 1. The summed E-state index contributed by atoms with van der Waals surface area (Å²) in [4.78, 5) is 13.4. The maximum atomic E-state index is 11.0. The fraction of sp³-hybridized carbons (Fsp3) is 0.917. The molecule has 94 valence electrons. The maximum absolute atomic E-state index is 11.0. The van der Waals surface area contributed by atoms with Gasteiger partial charge in [0.25, 0.3) is 0 Å². The molecule has 3 N–H and O–H groups in total. The fourth-order valence-corrected chi connectivity index (χ4v) is 2.38. The van der Waals surface area contributed by atoms with Crippen LogP contribution in [0.2, 0.25) is 0 Å². The van der Waals surface area contributed by atoms with E-state index in [0.717, 1.165) is 6.54 Å². The lowest BCUT2D eigenvalue weighted by Crippen LogP contribution is -2.48. The highest BCUT2D eigenvalue weighted by molar-refractivity contribution is 5.79. The van der Waals surface area contributed by atoms with Crippen molar-refractivity contribution >= 4 is 5.91 Å². The maximum Gasteiger partial charge on any atom is 0.234 e. The first-order chi connectivity index (χ1) is 7.54. The Kier molecular flexibility index (Phi) is 5.22. The van der Waals surface area contributed by atoms with Gasteiger partial charge in [-0.1, -0.05) is 6.92 Å². The number of piperidine rings is 1. The molecule has 2 atom stereocenters. The lowest BCUT2D eigenvalue weighted by Gasteiger charge is -2.35. The van der Waals surface area contributed by atoms with E-state index in [4.69, 9.17) is 5.73 Å². The highest BCUT2D eigenvalue weighted by atomic mass is 16.1. The molecule has 0 radical (unpaired) electrons. The number of nitrogens with two attached hydrogens (primary N) is 1. The van der Waals surface area contributed by atoms with E-state index >= 15 is 0 Å². The molecule has 16 heavy (non-hydrogen) atoms. The minimum atomic E-state index is -0.266. The third-order valence-corrected chi connectivity index (χ3v) is 3.73. The van der Waals surface area contributed by atoms with Crippen molar-refractivity contribution in [3.63, 3.8) is 0 Å². The summed E-state index contributed by atoms with van der Waals surface area (Å²) in [6.45, 7) is 9.70. The molecule has 1 heterocycles. The highest BCUT2D eigenvalue weighted by Crippen LogP contribution is 2.20. The molecule has 1 amide bonds. The Hall–Kier alpha value is -0.610. The van der Waals surface area contributed by atoms with Gasteiger partial charge in [0.15, 0.2) is 0 Å². The Morgan fingerprint density at radius 3 is 2.44 bits per heavy atom. The van der Waals surface area contributed by atoms with Crippen molar-refractivity contribution in [2.75, 3.05) is 19.6 Å². The normalized spacial score (nSPS) is 22.9.